The third kappa shape index (κ3) is 2.44. The monoisotopic (exact) mass is 244 g/mol. The van der Waals surface area contributed by atoms with E-state index in [1.54, 1.807) is 6.92 Å². The van der Waals surface area contributed by atoms with E-state index in [1.165, 1.54) is 27.4 Å². The maximum absolute atomic E-state index is 14.1. The molecule has 17 heavy (non-hydrogen) atoms. The van der Waals surface area contributed by atoms with Crippen molar-refractivity contribution in [3.63, 3.8) is 0 Å². The fourth-order valence-electron chi connectivity index (χ4n) is 1.66. The second-order valence-corrected chi connectivity index (χ2v) is 3.63. The summed E-state index contributed by atoms with van der Waals surface area (Å²) in [6, 6.07) is 1.42. The fraction of sp³-hybridized carbons (Fsp3) is 0.500. The minimum absolute atomic E-state index is 0.0675. The lowest BCUT2D eigenvalue weighted by Gasteiger charge is -2.19. The summed E-state index contributed by atoms with van der Waals surface area (Å²) in [6.45, 7) is 1.50. The zero-order chi connectivity index (χ0) is 13.0. The van der Waals surface area contributed by atoms with Gasteiger partial charge in [-0.2, -0.15) is 0 Å². The summed E-state index contributed by atoms with van der Waals surface area (Å²) in [7, 11) is 4.26. The maximum Gasteiger partial charge on any atom is 0.172 e. The molecule has 0 aliphatic heterocycles. The van der Waals surface area contributed by atoms with E-state index in [4.69, 9.17) is 19.3 Å². The molecule has 1 atom stereocenters. The van der Waals surface area contributed by atoms with Gasteiger partial charge in [-0.3, -0.25) is 0 Å². The highest BCUT2D eigenvalue weighted by atomic mass is 19.1. The first-order chi connectivity index (χ1) is 8.10. The van der Waals surface area contributed by atoms with Crippen LogP contribution in [0.2, 0.25) is 0 Å². The predicted octanol–water partition coefficient (Wildman–Crippen LogP) is 1.95. The fourth-order valence-corrected chi connectivity index (χ4v) is 1.66. The third-order valence-corrected chi connectivity index (χ3v) is 2.59. The van der Waals surface area contributed by atoms with E-state index in [9.17, 15) is 4.39 Å². The van der Waals surface area contributed by atoms with Crippen LogP contribution in [-0.4, -0.2) is 33.0 Å². The van der Waals surface area contributed by atoms with E-state index < -0.39 is 11.7 Å². The molecule has 1 unspecified atom stereocenters. The molecule has 96 valence electrons. The highest BCUT2D eigenvalue weighted by Crippen LogP contribution is 2.41. The van der Waals surface area contributed by atoms with Crippen LogP contribution in [0.4, 0.5) is 4.39 Å². The smallest absolute Gasteiger partial charge is 0.172 e. The van der Waals surface area contributed by atoms with Crippen LogP contribution in [0.3, 0.4) is 0 Å². The highest BCUT2D eigenvalue weighted by molar-refractivity contribution is 5.54. The van der Waals surface area contributed by atoms with Crippen LogP contribution in [0.1, 0.15) is 18.4 Å². The average Bonchev–Trinajstić information content (AvgIpc) is 2.36. The van der Waals surface area contributed by atoms with Crippen LogP contribution in [0, 0.1) is 5.82 Å². The van der Waals surface area contributed by atoms with E-state index in [1.807, 2.05) is 0 Å². The molecule has 0 fully saturated rings. The zero-order valence-electron chi connectivity index (χ0n) is 10.4. The Morgan fingerprint density at radius 3 is 2.18 bits per heavy atom. The van der Waals surface area contributed by atoms with Crippen molar-refractivity contribution in [1.82, 2.24) is 0 Å². The van der Waals surface area contributed by atoms with Gasteiger partial charge in [0.1, 0.15) is 0 Å². The summed E-state index contributed by atoms with van der Waals surface area (Å²) in [5.41, 5.74) is 0.256. The quantitative estimate of drug-likeness (QED) is 0.860. The number of aliphatic hydroxyl groups excluding tert-OH is 1. The van der Waals surface area contributed by atoms with Crippen LogP contribution < -0.4 is 14.2 Å². The van der Waals surface area contributed by atoms with Crippen molar-refractivity contribution < 1.29 is 23.7 Å². The van der Waals surface area contributed by atoms with Gasteiger partial charge in [0.2, 0.25) is 0 Å². The van der Waals surface area contributed by atoms with Gasteiger partial charge in [-0.05, 0) is 0 Å². The van der Waals surface area contributed by atoms with Crippen molar-refractivity contribution in [2.45, 2.75) is 12.8 Å². The van der Waals surface area contributed by atoms with Crippen LogP contribution in [0.25, 0.3) is 0 Å². The van der Waals surface area contributed by atoms with Crippen molar-refractivity contribution in [2.24, 2.45) is 0 Å². The van der Waals surface area contributed by atoms with Gasteiger partial charge >= 0.3 is 0 Å². The van der Waals surface area contributed by atoms with E-state index in [0.29, 0.717) is 5.75 Å². The first-order valence-electron chi connectivity index (χ1n) is 5.19. The Hall–Kier alpha value is -1.49. The topological polar surface area (TPSA) is 47.9 Å². The Morgan fingerprint density at radius 2 is 1.76 bits per heavy atom. The molecular weight excluding hydrogens is 227 g/mol. The normalized spacial score (nSPS) is 12.1. The number of aliphatic hydroxyl groups is 1. The predicted molar refractivity (Wildman–Crippen MR) is 61.6 cm³/mol. The van der Waals surface area contributed by atoms with Gasteiger partial charge in [0, 0.05) is 24.2 Å². The van der Waals surface area contributed by atoms with Crippen LogP contribution in [0.5, 0.6) is 17.2 Å². The molecule has 0 heterocycles. The SMILES string of the molecule is COc1cc(OC)c(OC)c(C(C)CO)c1F. The molecule has 0 radical (unpaired) electrons. The first-order valence-corrected chi connectivity index (χ1v) is 5.19. The molecule has 5 heteroatoms. The first kappa shape index (κ1) is 13.6. The largest absolute Gasteiger partial charge is 0.494 e. The molecule has 0 spiro atoms. The number of halogens is 1. The van der Waals surface area contributed by atoms with Gasteiger partial charge in [-0.15, -0.1) is 0 Å². The molecule has 0 aromatic heterocycles. The van der Waals surface area contributed by atoms with Crippen molar-refractivity contribution in [2.75, 3.05) is 27.9 Å². The molecule has 0 bridgehead atoms. The standard InChI is InChI=1S/C12H17FO4/c1-7(6-14)10-11(13)8(15-2)5-9(16-3)12(10)17-4/h5,7,14H,6H2,1-4H3. The molecule has 0 aliphatic rings. The second-order valence-electron chi connectivity index (χ2n) is 3.63. The van der Waals surface area contributed by atoms with E-state index in [2.05, 4.69) is 0 Å². The summed E-state index contributed by atoms with van der Waals surface area (Å²) < 4.78 is 29.3. The number of hydrogen-bond acceptors (Lipinski definition) is 4. The maximum atomic E-state index is 14.1. The number of methoxy groups -OCH3 is 3. The summed E-state index contributed by atoms with van der Waals surface area (Å²) in [6.07, 6.45) is 0. The molecule has 0 aliphatic carbocycles. The van der Waals surface area contributed by atoms with E-state index >= 15 is 0 Å². The van der Waals surface area contributed by atoms with Crippen molar-refractivity contribution in [3.05, 3.63) is 17.4 Å². The molecule has 1 N–H and O–H groups in total. The summed E-state index contributed by atoms with van der Waals surface area (Å²) in [4.78, 5) is 0. The van der Waals surface area contributed by atoms with Gasteiger partial charge in [0.05, 0.1) is 21.3 Å². The van der Waals surface area contributed by atoms with E-state index in [-0.39, 0.29) is 23.7 Å². The molecule has 1 rings (SSSR count). The number of rotatable bonds is 5. The molecule has 0 saturated carbocycles. The lowest BCUT2D eigenvalue weighted by molar-refractivity contribution is 0.262. The van der Waals surface area contributed by atoms with E-state index in [0.717, 1.165) is 0 Å². The Morgan fingerprint density at radius 1 is 1.18 bits per heavy atom. The van der Waals surface area contributed by atoms with Gasteiger partial charge in [-0.25, -0.2) is 4.39 Å². The van der Waals surface area contributed by atoms with Crippen molar-refractivity contribution in [1.29, 1.82) is 0 Å². The number of benzene rings is 1. The average molecular weight is 244 g/mol. The van der Waals surface area contributed by atoms with Crippen LogP contribution in [-0.2, 0) is 0 Å². The number of ether oxygens (including phenoxy) is 3. The summed E-state index contributed by atoms with van der Waals surface area (Å²) in [5.74, 6) is -0.216. The molecule has 0 saturated heterocycles. The van der Waals surface area contributed by atoms with Crippen molar-refractivity contribution >= 4 is 0 Å². The summed E-state index contributed by atoms with van der Waals surface area (Å²) in [5, 5.41) is 9.16. The second kappa shape index (κ2) is 5.72. The minimum atomic E-state index is -0.535. The molecule has 0 amide bonds. The Kier molecular flexibility index (Phi) is 4.57. The van der Waals surface area contributed by atoms with Gasteiger partial charge in [0.25, 0.3) is 0 Å². The molecule has 1 aromatic carbocycles. The van der Waals surface area contributed by atoms with Crippen LogP contribution >= 0.6 is 0 Å². The lowest BCUT2D eigenvalue weighted by atomic mass is 9.99. The third-order valence-electron chi connectivity index (χ3n) is 2.59. The molecule has 4 nitrogen and oxygen atoms in total. The van der Waals surface area contributed by atoms with Gasteiger partial charge < -0.3 is 19.3 Å². The molecule has 1 aromatic rings. The summed E-state index contributed by atoms with van der Waals surface area (Å²) >= 11 is 0. The van der Waals surface area contributed by atoms with Gasteiger partial charge in [-0.1, -0.05) is 6.92 Å². The Bertz CT molecular complexity index is 393. The highest BCUT2D eigenvalue weighted by Gasteiger charge is 2.24. The molecular formula is C12H17FO4. The lowest BCUT2D eigenvalue weighted by Crippen LogP contribution is -2.08. The zero-order valence-corrected chi connectivity index (χ0v) is 10.4. The Balaban J connectivity index is 3.49. The van der Waals surface area contributed by atoms with Crippen LogP contribution in [0.15, 0.2) is 6.07 Å². The van der Waals surface area contributed by atoms with Crippen molar-refractivity contribution in [3.8, 4) is 17.2 Å². The minimum Gasteiger partial charge on any atom is -0.494 e. The van der Waals surface area contributed by atoms with Gasteiger partial charge in [0.15, 0.2) is 23.1 Å². The Labute approximate surface area is 99.9 Å². The number of hydrogen-bond donors (Lipinski definition) is 1.